The minimum absolute atomic E-state index is 0.0739. The molecule has 0 amide bonds. The van der Waals surface area contributed by atoms with E-state index in [4.69, 9.17) is 0 Å². The number of rotatable bonds is 3. The summed E-state index contributed by atoms with van der Waals surface area (Å²) in [5, 5.41) is 0. The zero-order valence-corrected chi connectivity index (χ0v) is 7.37. The Labute approximate surface area is 76.1 Å². The van der Waals surface area contributed by atoms with Gasteiger partial charge in [0.25, 0.3) is 0 Å². The van der Waals surface area contributed by atoms with Gasteiger partial charge in [-0.25, -0.2) is 4.99 Å². The molecule has 13 heavy (non-hydrogen) atoms. The van der Waals surface area contributed by atoms with Crippen LogP contribution in [0.1, 0.15) is 18.5 Å². The van der Waals surface area contributed by atoms with Gasteiger partial charge >= 0.3 is 6.43 Å². The molecule has 0 saturated carbocycles. The second-order valence-electron chi connectivity index (χ2n) is 2.80. The third-order valence-corrected chi connectivity index (χ3v) is 1.77. The first-order valence-corrected chi connectivity index (χ1v) is 4.12. The molecule has 1 atom stereocenters. The third-order valence-electron chi connectivity index (χ3n) is 1.77. The van der Waals surface area contributed by atoms with Crippen LogP contribution in [0.15, 0.2) is 30.3 Å². The SMILES string of the molecule is C[C@H]([NH+]=CC(F)F)c1ccccc1. The number of hydrogen-bond acceptors (Lipinski definition) is 0. The first-order valence-electron chi connectivity index (χ1n) is 4.12. The van der Waals surface area contributed by atoms with E-state index >= 15 is 0 Å². The Morgan fingerprint density at radius 2 is 1.85 bits per heavy atom. The molecule has 1 aromatic rings. The number of halogens is 2. The van der Waals surface area contributed by atoms with Gasteiger partial charge in [0.15, 0.2) is 6.04 Å². The molecule has 1 N–H and O–H groups in total. The Balaban J connectivity index is 2.64. The number of hydrogen-bond donors (Lipinski definition) is 1. The van der Waals surface area contributed by atoms with Gasteiger partial charge in [0.05, 0.1) is 0 Å². The van der Waals surface area contributed by atoms with Crippen molar-refractivity contribution in [1.82, 2.24) is 0 Å². The van der Waals surface area contributed by atoms with Crippen molar-refractivity contribution in [2.75, 3.05) is 0 Å². The summed E-state index contributed by atoms with van der Waals surface area (Å²) in [5.41, 5.74) is 0.999. The lowest BCUT2D eigenvalue weighted by molar-refractivity contribution is -0.503. The minimum Gasteiger partial charge on any atom is -0.240 e. The zero-order chi connectivity index (χ0) is 9.68. The molecule has 0 aliphatic carbocycles. The molecule has 3 heteroatoms. The van der Waals surface area contributed by atoms with E-state index < -0.39 is 6.43 Å². The quantitative estimate of drug-likeness (QED) is 0.678. The fourth-order valence-corrected chi connectivity index (χ4v) is 1.06. The zero-order valence-electron chi connectivity index (χ0n) is 7.37. The normalized spacial score (nSPS) is 13.8. The number of alkyl halides is 2. The minimum atomic E-state index is -2.41. The van der Waals surface area contributed by atoms with Crippen LogP contribution in [-0.4, -0.2) is 12.6 Å². The maximum Gasteiger partial charge on any atom is 0.313 e. The van der Waals surface area contributed by atoms with E-state index in [1.807, 2.05) is 37.3 Å². The first-order chi connectivity index (χ1) is 6.20. The molecule has 0 saturated heterocycles. The molecule has 0 fully saturated rings. The highest BCUT2D eigenvalue weighted by molar-refractivity contribution is 5.53. The summed E-state index contributed by atoms with van der Waals surface area (Å²) in [4.78, 5) is 2.62. The molecule has 0 radical (unpaired) electrons. The lowest BCUT2D eigenvalue weighted by atomic mass is 10.1. The van der Waals surface area contributed by atoms with Crippen molar-refractivity contribution in [2.45, 2.75) is 19.4 Å². The molecule has 0 aliphatic heterocycles. The Morgan fingerprint density at radius 1 is 1.23 bits per heavy atom. The highest BCUT2D eigenvalue weighted by Gasteiger charge is 2.08. The largest absolute Gasteiger partial charge is 0.313 e. The molecule has 70 valence electrons. The van der Waals surface area contributed by atoms with E-state index in [9.17, 15) is 8.78 Å². The highest BCUT2D eigenvalue weighted by Crippen LogP contribution is 2.05. The lowest BCUT2D eigenvalue weighted by Crippen LogP contribution is -2.70. The molecule has 0 bridgehead atoms. The summed E-state index contributed by atoms with van der Waals surface area (Å²) in [6, 6.07) is 9.39. The second-order valence-corrected chi connectivity index (χ2v) is 2.80. The predicted molar refractivity (Wildman–Crippen MR) is 47.9 cm³/mol. The second kappa shape index (κ2) is 4.70. The predicted octanol–water partition coefficient (Wildman–Crippen LogP) is 1.16. The third kappa shape index (κ3) is 3.32. The van der Waals surface area contributed by atoms with Gasteiger partial charge in [0, 0.05) is 12.5 Å². The van der Waals surface area contributed by atoms with Gasteiger partial charge in [-0.1, -0.05) is 30.3 Å². The van der Waals surface area contributed by atoms with Gasteiger partial charge < -0.3 is 0 Å². The van der Waals surface area contributed by atoms with Crippen LogP contribution >= 0.6 is 0 Å². The summed E-state index contributed by atoms with van der Waals surface area (Å²) >= 11 is 0. The monoisotopic (exact) mass is 184 g/mol. The highest BCUT2D eigenvalue weighted by atomic mass is 19.3. The van der Waals surface area contributed by atoms with Gasteiger partial charge in [0.2, 0.25) is 6.21 Å². The van der Waals surface area contributed by atoms with Gasteiger partial charge in [-0.3, -0.25) is 0 Å². The average molecular weight is 184 g/mol. The van der Waals surface area contributed by atoms with Crippen LogP contribution in [0.25, 0.3) is 0 Å². The summed E-state index contributed by atoms with van der Waals surface area (Å²) in [6.45, 7) is 1.84. The van der Waals surface area contributed by atoms with Crippen molar-refractivity contribution < 1.29 is 13.8 Å². The van der Waals surface area contributed by atoms with Crippen LogP contribution in [0, 0.1) is 0 Å². The van der Waals surface area contributed by atoms with Crippen LogP contribution in [0.2, 0.25) is 0 Å². The van der Waals surface area contributed by atoms with E-state index in [1.165, 1.54) is 0 Å². The van der Waals surface area contributed by atoms with Crippen molar-refractivity contribution >= 4 is 6.21 Å². The smallest absolute Gasteiger partial charge is 0.240 e. The van der Waals surface area contributed by atoms with E-state index in [0.717, 1.165) is 11.8 Å². The molecule has 1 rings (SSSR count). The van der Waals surface area contributed by atoms with Crippen LogP contribution in [0.5, 0.6) is 0 Å². The molecule has 0 spiro atoms. The molecule has 0 heterocycles. The summed E-state index contributed by atoms with van der Waals surface area (Å²) in [7, 11) is 0. The maximum absolute atomic E-state index is 11.8. The van der Waals surface area contributed by atoms with Crippen LogP contribution in [-0.2, 0) is 0 Å². The van der Waals surface area contributed by atoms with E-state index in [2.05, 4.69) is 4.99 Å². The van der Waals surface area contributed by atoms with Gasteiger partial charge in [0.1, 0.15) is 0 Å². The van der Waals surface area contributed by atoms with Crippen molar-refractivity contribution in [1.29, 1.82) is 0 Å². The fraction of sp³-hybridized carbons (Fsp3) is 0.300. The standard InChI is InChI=1S/C10H11F2N/c1-8(13-7-10(11)12)9-5-3-2-4-6-9/h2-8,10H,1H3/p+1/t8-/m0/s1. The van der Waals surface area contributed by atoms with Crippen molar-refractivity contribution in [3.8, 4) is 0 Å². The van der Waals surface area contributed by atoms with E-state index in [-0.39, 0.29) is 6.04 Å². The first kappa shape index (κ1) is 9.84. The van der Waals surface area contributed by atoms with Gasteiger partial charge in [-0.15, -0.1) is 0 Å². The van der Waals surface area contributed by atoms with Crippen molar-refractivity contribution in [3.05, 3.63) is 35.9 Å². The van der Waals surface area contributed by atoms with Gasteiger partial charge in [-0.2, -0.15) is 8.78 Å². The summed E-state index contributed by atoms with van der Waals surface area (Å²) in [5.74, 6) is 0. The average Bonchev–Trinajstić information content (AvgIpc) is 2.15. The Bertz CT molecular complexity index is 270. The molecule has 1 nitrogen and oxygen atoms in total. The molecule has 1 aromatic carbocycles. The van der Waals surface area contributed by atoms with E-state index in [0.29, 0.717) is 0 Å². The molecular formula is C10H12F2N+. The molecule has 0 aromatic heterocycles. The van der Waals surface area contributed by atoms with Crippen LogP contribution in [0.3, 0.4) is 0 Å². The fourth-order valence-electron chi connectivity index (χ4n) is 1.06. The maximum atomic E-state index is 11.8. The number of benzene rings is 1. The lowest BCUT2D eigenvalue weighted by Gasteiger charge is -1.99. The summed E-state index contributed by atoms with van der Waals surface area (Å²) < 4.78 is 23.6. The van der Waals surface area contributed by atoms with Crippen molar-refractivity contribution in [3.63, 3.8) is 0 Å². The van der Waals surface area contributed by atoms with Crippen molar-refractivity contribution in [2.24, 2.45) is 0 Å². The van der Waals surface area contributed by atoms with Gasteiger partial charge in [-0.05, 0) is 0 Å². The Morgan fingerprint density at radius 3 is 2.38 bits per heavy atom. The topological polar surface area (TPSA) is 14.0 Å². The summed E-state index contributed by atoms with van der Waals surface area (Å²) in [6.07, 6.45) is -1.61. The Hall–Kier alpha value is -1.25. The molecule has 0 unspecified atom stereocenters. The van der Waals surface area contributed by atoms with Crippen LogP contribution in [0.4, 0.5) is 8.78 Å². The molecular weight excluding hydrogens is 172 g/mol. The van der Waals surface area contributed by atoms with Crippen LogP contribution < -0.4 is 4.99 Å². The number of nitrogens with one attached hydrogen (secondary N) is 1. The Kier molecular flexibility index (Phi) is 3.55. The van der Waals surface area contributed by atoms with E-state index in [1.54, 1.807) is 0 Å². The molecule has 0 aliphatic rings.